The molecule has 62 valence electrons. The summed E-state index contributed by atoms with van der Waals surface area (Å²) in [7, 11) is 1.86. The van der Waals surface area contributed by atoms with Crippen LogP contribution in [0.2, 0.25) is 0 Å². The fraction of sp³-hybridized carbons (Fsp3) is 0.875. The summed E-state index contributed by atoms with van der Waals surface area (Å²) in [4.78, 5) is 1.89. The zero-order valence-corrected chi connectivity index (χ0v) is 6.81. The van der Waals surface area contributed by atoms with E-state index in [0.717, 1.165) is 0 Å². The predicted octanol–water partition coefficient (Wildman–Crippen LogP) is 1.33. The van der Waals surface area contributed by atoms with Crippen molar-refractivity contribution in [2.75, 3.05) is 20.1 Å². The van der Waals surface area contributed by atoms with Gasteiger partial charge in [-0.25, -0.2) is 4.39 Å². The number of nitriles is 1. The van der Waals surface area contributed by atoms with E-state index >= 15 is 0 Å². The number of halogens is 1. The van der Waals surface area contributed by atoms with Gasteiger partial charge in [0, 0.05) is 19.5 Å². The van der Waals surface area contributed by atoms with Gasteiger partial charge in [0.25, 0.3) is 0 Å². The molecule has 1 aliphatic carbocycles. The maximum absolute atomic E-state index is 13.1. The fourth-order valence-corrected chi connectivity index (χ4v) is 1.10. The van der Waals surface area contributed by atoms with E-state index in [4.69, 9.17) is 5.26 Å². The number of hydrogen-bond acceptors (Lipinski definition) is 2. The molecule has 0 aromatic carbocycles. The molecule has 0 amide bonds. The Labute approximate surface area is 66.6 Å². The predicted molar refractivity (Wildman–Crippen MR) is 40.8 cm³/mol. The van der Waals surface area contributed by atoms with Gasteiger partial charge in [0.1, 0.15) is 5.67 Å². The van der Waals surface area contributed by atoms with E-state index in [0.29, 0.717) is 32.4 Å². The Morgan fingerprint density at radius 2 is 2.27 bits per heavy atom. The first kappa shape index (κ1) is 8.48. The van der Waals surface area contributed by atoms with E-state index < -0.39 is 5.67 Å². The molecule has 1 fully saturated rings. The first-order valence-corrected chi connectivity index (χ1v) is 3.91. The summed E-state index contributed by atoms with van der Waals surface area (Å²) in [5, 5.41) is 8.26. The van der Waals surface area contributed by atoms with Crippen LogP contribution in [0, 0.1) is 11.3 Å². The van der Waals surface area contributed by atoms with Crippen molar-refractivity contribution in [2.45, 2.75) is 24.9 Å². The molecule has 2 nitrogen and oxygen atoms in total. The lowest BCUT2D eigenvalue weighted by molar-refractivity contribution is 0.205. The average molecular weight is 156 g/mol. The standard InChI is InChI=1S/C8H13FN2/c1-11(6-2-5-10)7-8(9)3-4-8/h2-4,6-7H2,1H3. The van der Waals surface area contributed by atoms with Crippen LogP contribution in [-0.4, -0.2) is 30.7 Å². The van der Waals surface area contributed by atoms with Crippen LogP contribution in [0.15, 0.2) is 0 Å². The zero-order chi connectivity index (χ0) is 8.32. The van der Waals surface area contributed by atoms with E-state index in [1.807, 2.05) is 18.0 Å². The largest absolute Gasteiger partial charge is 0.302 e. The highest BCUT2D eigenvalue weighted by Gasteiger charge is 2.43. The first-order valence-electron chi connectivity index (χ1n) is 3.91. The summed E-state index contributed by atoms with van der Waals surface area (Å²) in [5.74, 6) is 0. The van der Waals surface area contributed by atoms with Crippen LogP contribution in [0.5, 0.6) is 0 Å². The number of hydrogen-bond donors (Lipinski definition) is 0. The molecule has 0 spiro atoms. The Bertz CT molecular complexity index is 169. The van der Waals surface area contributed by atoms with Crippen LogP contribution < -0.4 is 0 Å². The average Bonchev–Trinajstić information content (AvgIpc) is 2.63. The lowest BCUT2D eigenvalue weighted by Gasteiger charge is -2.16. The fourth-order valence-electron chi connectivity index (χ4n) is 1.10. The van der Waals surface area contributed by atoms with Gasteiger partial charge in [-0.3, -0.25) is 0 Å². The number of alkyl halides is 1. The molecule has 1 saturated carbocycles. The Morgan fingerprint density at radius 3 is 2.73 bits per heavy atom. The Morgan fingerprint density at radius 1 is 1.64 bits per heavy atom. The molecule has 0 atom stereocenters. The van der Waals surface area contributed by atoms with Crippen LogP contribution in [-0.2, 0) is 0 Å². The molecule has 0 saturated heterocycles. The van der Waals surface area contributed by atoms with Gasteiger partial charge in [-0.1, -0.05) is 0 Å². The second-order valence-corrected chi connectivity index (χ2v) is 3.30. The minimum Gasteiger partial charge on any atom is -0.302 e. The molecule has 1 rings (SSSR count). The highest BCUT2D eigenvalue weighted by atomic mass is 19.1. The van der Waals surface area contributed by atoms with Gasteiger partial charge in [-0.15, -0.1) is 0 Å². The highest BCUT2D eigenvalue weighted by Crippen LogP contribution is 2.39. The van der Waals surface area contributed by atoms with Crippen molar-refractivity contribution in [3.05, 3.63) is 0 Å². The summed E-state index contributed by atoms with van der Waals surface area (Å²) in [6.45, 7) is 1.18. The van der Waals surface area contributed by atoms with E-state index in [9.17, 15) is 4.39 Å². The second-order valence-electron chi connectivity index (χ2n) is 3.30. The number of rotatable bonds is 4. The van der Waals surface area contributed by atoms with Crippen LogP contribution in [0.25, 0.3) is 0 Å². The summed E-state index contributed by atoms with van der Waals surface area (Å²) < 4.78 is 13.1. The van der Waals surface area contributed by atoms with Crippen molar-refractivity contribution in [3.8, 4) is 6.07 Å². The minimum absolute atomic E-state index is 0.493. The van der Waals surface area contributed by atoms with Gasteiger partial charge in [0.2, 0.25) is 0 Å². The van der Waals surface area contributed by atoms with Crippen molar-refractivity contribution in [2.24, 2.45) is 0 Å². The SMILES string of the molecule is CN(CCC#N)CC1(F)CC1. The van der Waals surface area contributed by atoms with E-state index in [1.54, 1.807) is 0 Å². The topological polar surface area (TPSA) is 27.0 Å². The van der Waals surface area contributed by atoms with Gasteiger partial charge in [0.15, 0.2) is 0 Å². The third-order valence-corrected chi connectivity index (χ3v) is 1.95. The molecule has 0 aliphatic heterocycles. The normalized spacial score (nSPS) is 19.8. The van der Waals surface area contributed by atoms with E-state index in [1.165, 1.54) is 0 Å². The molecular formula is C8H13FN2. The molecule has 1 aliphatic rings. The van der Waals surface area contributed by atoms with Gasteiger partial charge in [-0.2, -0.15) is 5.26 Å². The zero-order valence-electron chi connectivity index (χ0n) is 6.81. The van der Waals surface area contributed by atoms with Crippen molar-refractivity contribution in [1.82, 2.24) is 4.90 Å². The molecule has 3 heteroatoms. The van der Waals surface area contributed by atoms with Crippen molar-refractivity contribution in [1.29, 1.82) is 5.26 Å². The van der Waals surface area contributed by atoms with Crippen molar-refractivity contribution >= 4 is 0 Å². The summed E-state index contributed by atoms with van der Waals surface area (Å²) in [6.07, 6.45) is 1.89. The van der Waals surface area contributed by atoms with Crippen LogP contribution >= 0.6 is 0 Å². The third kappa shape index (κ3) is 2.85. The quantitative estimate of drug-likeness (QED) is 0.614. The van der Waals surface area contributed by atoms with Gasteiger partial charge in [-0.05, 0) is 19.9 Å². The molecule has 0 heterocycles. The Hall–Kier alpha value is -0.620. The first-order chi connectivity index (χ1) is 5.16. The van der Waals surface area contributed by atoms with Gasteiger partial charge >= 0.3 is 0 Å². The van der Waals surface area contributed by atoms with E-state index in [-0.39, 0.29) is 0 Å². The van der Waals surface area contributed by atoms with Crippen LogP contribution in [0.1, 0.15) is 19.3 Å². The molecule has 0 unspecified atom stereocenters. The van der Waals surface area contributed by atoms with Gasteiger partial charge < -0.3 is 4.90 Å². The molecule has 0 N–H and O–H groups in total. The minimum atomic E-state index is -0.912. The summed E-state index contributed by atoms with van der Waals surface area (Å²) in [6, 6.07) is 2.04. The second kappa shape index (κ2) is 3.19. The van der Waals surface area contributed by atoms with Crippen molar-refractivity contribution in [3.63, 3.8) is 0 Å². The van der Waals surface area contributed by atoms with Gasteiger partial charge in [0.05, 0.1) is 6.07 Å². The van der Waals surface area contributed by atoms with Crippen LogP contribution in [0.3, 0.4) is 0 Å². The molecule has 11 heavy (non-hydrogen) atoms. The third-order valence-electron chi connectivity index (χ3n) is 1.95. The molecular weight excluding hydrogens is 143 g/mol. The lowest BCUT2D eigenvalue weighted by Crippen LogP contribution is -2.28. The highest BCUT2D eigenvalue weighted by molar-refractivity contribution is 4.96. The molecule has 0 aromatic rings. The Balaban J connectivity index is 2.11. The summed E-state index contributed by atoms with van der Waals surface area (Å²) in [5.41, 5.74) is -0.912. The maximum atomic E-state index is 13.1. The molecule has 0 bridgehead atoms. The summed E-state index contributed by atoms with van der Waals surface area (Å²) >= 11 is 0. The van der Waals surface area contributed by atoms with Crippen LogP contribution in [0.4, 0.5) is 4.39 Å². The van der Waals surface area contributed by atoms with Crippen molar-refractivity contribution < 1.29 is 4.39 Å². The molecule has 0 aromatic heterocycles. The lowest BCUT2D eigenvalue weighted by atomic mass is 10.3. The Kier molecular flexibility index (Phi) is 2.45. The number of nitrogens with zero attached hydrogens (tertiary/aromatic N) is 2. The monoisotopic (exact) mass is 156 g/mol. The smallest absolute Gasteiger partial charge is 0.123 e. The van der Waals surface area contributed by atoms with E-state index in [2.05, 4.69) is 0 Å². The maximum Gasteiger partial charge on any atom is 0.123 e. The molecule has 0 radical (unpaired) electrons.